The van der Waals surface area contributed by atoms with Crippen LogP contribution >= 0.6 is 0 Å². The molecule has 3 unspecified atom stereocenters. The van der Waals surface area contributed by atoms with Gasteiger partial charge in [-0.1, -0.05) is 68.1 Å². The molecule has 0 aromatic heterocycles. The lowest BCUT2D eigenvalue weighted by Gasteiger charge is -2.45. The van der Waals surface area contributed by atoms with Crippen LogP contribution in [0.5, 0.6) is 0 Å². The molecule has 0 bridgehead atoms. The van der Waals surface area contributed by atoms with Gasteiger partial charge in [0, 0.05) is 18.4 Å². The third-order valence-electron chi connectivity index (χ3n) is 7.68. The molecule has 0 spiro atoms. The molecule has 11 heteroatoms. The lowest BCUT2D eigenvalue weighted by molar-refractivity contribution is -0.159. The largest absolute Gasteiger partial charge is 0.458 e. The van der Waals surface area contributed by atoms with Gasteiger partial charge in [-0.05, 0) is 91.0 Å². The highest BCUT2D eigenvalue weighted by Crippen LogP contribution is 2.33. The van der Waals surface area contributed by atoms with E-state index >= 15 is 0 Å². The number of benzene rings is 2. The number of rotatable bonds is 15. The number of alkyl carbamates (subject to hydrolysis) is 1. The van der Waals surface area contributed by atoms with E-state index in [9.17, 15) is 24.0 Å². The van der Waals surface area contributed by atoms with Crippen molar-refractivity contribution in [3.05, 3.63) is 77.9 Å². The Balaban J connectivity index is 2.75. The summed E-state index contributed by atoms with van der Waals surface area (Å²) >= 11 is 0. The zero-order chi connectivity index (χ0) is 37.2. The first-order valence-corrected chi connectivity index (χ1v) is 16.6. The molecule has 0 aliphatic rings. The predicted octanol–water partition coefficient (Wildman–Crippen LogP) is 5.62. The Hall–Kier alpha value is -4.67. The highest BCUT2D eigenvalue weighted by atomic mass is 16.6. The maximum Gasteiger partial charge on any atom is 0.408 e. The molecule has 268 valence electrons. The molecule has 0 aliphatic carbocycles. The van der Waals surface area contributed by atoms with Crippen molar-refractivity contribution < 1.29 is 33.4 Å². The lowest BCUT2D eigenvalue weighted by atomic mass is 9.90. The number of nitrogens with one attached hydrogen (secondary N) is 2. The molecule has 11 nitrogen and oxygen atoms in total. The molecule has 2 rings (SSSR count). The van der Waals surface area contributed by atoms with Crippen molar-refractivity contribution in [2.45, 2.75) is 123 Å². The van der Waals surface area contributed by atoms with Crippen molar-refractivity contribution >= 4 is 35.9 Å². The minimum absolute atomic E-state index is 0.132. The maximum absolute atomic E-state index is 14.7. The molecule has 2 aromatic carbocycles. The molecule has 49 heavy (non-hydrogen) atoms. The van der Waals surface area contributed by atoms with E-state index in [1.165, 1.54) is 4.90 Å². The number of nitrogens with two attached hydrogens (primary N) is 1. The van der Waals surface area contributed by atoms with Gasteiger partial charge in [0.05, 0.1) is 0 Å². The number of carbonyl (C=O) groups is 5. The Bertz CT molecular complexity index is 1470. The van der Waals surface area contributed by atoms with Crippen molar-refractivity contribution in [1.82, 2.24) is 15.5 Å². The molecule has 0 fully saturated rings. The Morgan fingerprint density at radius 1 is 0.857 bits per heavy atom. The number of hydrogen-bond acceptors (Lipinski definition) is 7. The zero-order valence-corrected chi connectivity index (χ0v) is 30.4. The van der Waals surface area contributed by atoms with E-state index < -0.39 is 64.7 Å². The van der Waals surface area contributed by atoms with E-state index in [4.69, 9.17) is 15.2 Å². The van der Waals surface area contributed by atoms with Crippen LogP contribution in [0.15, 0.2) is 61.2 Å². The quantitative estimate of drug-likeness (QED) is 0.207. The second-order valence-corrected chi connectivity index (χ2v) is 14.6. The van der Waals surface area contributed by atoms with Gasteiger partial charge < -0.3 is 30.7 Å². The van der Waals surface area contributed by atoms with Gasteiger partial charge in [-0.25, -0.2) is 9.59 Å². The first-order chi connectivity index (χ1) is 22.7. The molecular weight excluding hydrogens is 624 g/mol. The average molecular weight is 679 g/mol. The van der Waals surface area contributed by atoms with Gasteiger partial charge in [0.1, 0.15) is 29.3 Å². The number of nitrogens with zero attached hydrogens (tertiary/aromatic N) is 1. The molecule has 0 aliphatic heterocycles. The molecule has 0 radical (unpaired) electrons. The van der Waals surface area contributed by atoms with Crippen LogP contribution in [-0.2, 0) is 35.1 Å². The van der Waals surface area contributed by atoms with Crippen molar-refractivity contribution in [1.29, 1.82) is 0 Å². The van der Waals surface area contributed by atoms with Gasteiger partial charge in [0.25, 0.3) is 0 Å². The van der Waals surface area contributed by atoms with Crippen molar-refractivity contribution in [2.24, 2.45) is 5.73 Å². The van der Waals surface area contributed by atoms with Crippen LogP contribution in [0, 0.1) is 0 Å². The summed E-state index contributed by atoms with van der Waals surface area (Å²) in [5.41, 5.74) is 4.71. The van der Waals surface area contributed by atoms with Crippen molar-refractivity contribution in [3.8, 4) is 0 Å². The predicted molar refractivity (Wildman–Crippen MR) is 190 cm³/mol. The summed E-state index contributed by atoms with van der Waals surface area (Å²) in [6, 6.07) is 12.5. The molecule has 0 heterocycles. The molecule has 3 atom stereocenters. The molecule has 2 aromatic rings. The van der Waals surface area contributed by atoms with Gasteiger partial charge in [-0.15, -0.1) is 0 Å². The lowest BCUT2D eigenvalue weighted by Crippen LogP contribution is -2.60. The Labute approximate surface area is 291 Å². The van der Waals surface area contributed by atoms with E-state index in [0.717, 1.165) is 5.56 Å². The fraction of sp³-hybridized carbons (Fsp3) is 0.500. The minimum Gasteiger partial charge on any atom is -0.458 e. The number of primary amides is 1. The van der Waals surface area contributed by atoms with E-state index in [1.807, 2.05) is 37.3 Å². The minimum atomic E-state index is -1.29. The first-order valence-electron chi connectivity index (χ1n) is 16.6. The van der Waals surface area contributed by atoms with Gasteiger partial charge in [-0.3, -0.25) is 14.4 Å². The Morgan fingerprint density at radius 2 is 1.47 bits per heavy atom. The smallest absolute Gasteiger partial charge is 0.408 e. The van der Waals surface area contributed by atoms with E-state index in [1.54, 1.807) is 85.7 Å². The van der Waals surface area contributed by atoms with Gasteiger partial charge in [0.15, 0.2) is 0 Å². The zero-order valence-electron chi connectivity index (χ0n) is 30.4. The third-order valence-corrected chi connectivity index (χ3v) is 7.68. The topological polar surface area (TPSA) is 157 Å². The van der Waals surface area contributed by atoms with E-state index in [-0.39, 0.29) is 19.3 Å². The van der Waals surface area contributed by atoms with Crippen LogP contribution in [-0.4, -0.2) is 63.5 Å². The average Bonchev–Trinajstić information content (AvgIpc) is 2.99. The van der Waals surface area contributed by atoms with Crippen LogP contribution in [0.2, 0.25) is 0 Å². The van der Waals surface area contributed by atoms with Crippen LogP contribution in [0.3, 0.4) is 0 Å². The summed E-state index contributed by atoms with van der Waals surface area (Å²) in [6.45, 7) is 19.6. The molecule has 4 amide bonds. The van der Waals surface area contributed by atoms with E-state index in [2.05, 4.69) is 17.2 Å². The van der Waals surface area contributed by atoms with E-state index in [0.29, 0.717) is 17.5 Å². The van der Waals surface area contributed by atoms with Crippen molar-refractivity contribution in [2.75, 3.05) is 0 Å². The Kier molecular flexibility index (Phi) is 14.2. The van der Waals surface area contributed by atoms with Crippen LogP contribution in [0.1, 0.15) is 104 Å². The van der Waals surface area contributed by atoms with Gasteiger partial charge in [0.2, 0.25) is 17.7 Å². The highest BCUT2D eigenvalue weighted by Gasteiger charge is 2.44. The van der Waals surface area contributed by atoms with Crippen LogP contribution in [0.25, 0.3) is 6.08 Å². The molecule has 0 saturated heterocycles. The van der Waals surface area contributed by atoms with Crippen LogP contribution < -0.4 is 16.4 Å². The fourth-order valence-electron chi connectivity index (χ4n) is 5.05. The van der Waals surface area contributed by atoms with Gasteiger partial charge in [-0.2, -0.15) is 0 Å². The molecular formula is C38H54N4O7. The number of hydrogen-bond donors (Lipinski definition) is 3. The summed E-state index contributed by atoms with van der Waals surface area (Å²) < 4.78 is 11.2. The third kappa shape index (κ3) is 13.0. The monoisotopic (exact) mass is 678 g/mol. The molecule has 4 N–H and O–H groups in total. The standard InChI is InChI=1S/C38H54N4O7/c1-11-25-19-16-20-27(23-25)31(32(44)40-29(34(46)48-36(3,4)5)24-26-17-14-13-15-18-26)42(38(9,10)12-2)33(45)28(21-22-30(39)43)41-35(47)49-37(6,7)8/h11,13-20,23,28-29,31H,1,12,21-22,24H2,2-10H3,(H2,39,43)(H,40,44)(H,41,47). The Morgan fingerprint density at radius 3 is 2.00 bits per heavy atom. The van der Waals surface area contributed by atoms with Crippen molar-refractivity contribution in [3.63, 3.8) is 0 Å². The molecule has 0 saturated carbocycles. The maximum atomic E-state index is 14.7. The number of amides is 4. The second-order valence-electron chi connectivity index (χ2n) is 14.6. The SMILES string of the molecule is C=Cc1cccc(C(C(=O)NC(Cc2ccccc2)C(=O)OC(C)(C)C)N(C(=O)C(CCC(N)=O)NC(=O)OC(C)(C)C)C(C)(C)CC)c1. The van der Waals surface area contributed by atoms with Crippen LogP contribution in [0.4, 0.5) is 4.79 Å². The summed E-state index contributed by atoms with van der Waals surface area (Å²) in [6.07, 6.45) is 0.929. The summed E-state index contributed by atoms with van der Waals surface area (Å²) in [5.74, 6) is -2.59. The number of carbonyl (C=O) groups excluding carboxylic acids is 5. The number of ether oxygens (including phenoxy) is 2. The highest BCUT2D eigenvalue weighted by molar-refractivity contribution is 5.94. The van der Waals surface area contributed by atoms with Gasteiger partial charge >= 0.3 is 12.1 Å². The summed E-state index contributed by atoms with van der Waals surface area (Å²) in [4.78, 5) is 69.3. The summed E-state index contributed by atoms with van der Waals surface area (Å²) in [5, 5.41) is 5.51. The normalized spacial score (nSPS) is 13.7. The second kappa shape index (κ2) is 17.1. The summed E-state index contributed by atoms with van der Waals surface area (Å²) in [7, 11) is 0. The fourth-order valence-corrected chi connectivity index (χ4v) is 5.05. The first kappa shape index (κ1) is 40.5. The number of esters is 1.